The van der Waals surface area contributed by atoms with Crippen molar-refractivity contribution in [3.63, 3.8) is 0 Å². The fourth-order valence-corrected chi connectivity index (χ4v) is 3.64. The Hall–Kier alpha value is -0.570. The summed E-state index contributed by atoms with van der Waals surface area (Å²) in [4.78, 5) is 13.7. The Bertz CT molecular complexity index is 270. The molecule has 0 aromatic rings. The number of carboxylic acids is 1. The number of aliphatic carboxylic acids is 1. The molecule has 1 saturated heterocycles. The number of carboxylic acid groups (broad SMARTS) is 1. The molecule has 2 fully saturated rings. The molecule has 2 rings (SSSR count). The van der Waals surface area contributed by atoms with Gasteiger partial charge in [-0.2, -0.15) is 0 Å². The summed E-state index contributed by atoms with van der Waals surface area (Å²) in [6, 6.07) is 0. The zero-order valence-electron chi connectivity index (χ0n) is 10.5. The van der Waals surface area contributed by atoms with Crippen molar-refractivity contribution >= 4 is 5.97 Å². The van der Waals surface area contributed by atoms with Crippen molar-refractivity contribution in [3.8, 4) is 0 Å². The second-order valence-corrected chi connectivity index (χ2v) is 5.61. The molecule has 1 aliphatic heterocycles. The molecule has 0 radical (unpaired) electrons. The molecule has 92 valence electrons. The monoisotopic (exact) mass is 225 g/mol. The first-order chi connectivity index (χ1) is 7.58. The van der Waals surface area contributed by atoms with Crippen LogP contribution in [0, 0.1) is 5.41 Å². The number of hydrogen-bond donors (Lipinski definition) is 1. The highest BCUT2D eigenvalue weighted by atomic mass is 16.4. The Morgan fingerprint density at radius 3 is 2.12 bits per heavy atom. The summed E-state index contributed by atoms with van der Waals surface area (Å²) < 4.78 is 0. The fraction of sp³-hybridized carbons (Fsp3) is 0.923. The summed E-state index contributed by atoms with van der Waals surface area (Å²) in [5.74, 6) is -0.634. The second-order valence-electron chi connectivity index (χ2n) is 5.61. The lowest BCUT2D eigenvalue weighted by atomic mass is 9.73. The molecule has 1 spiro atoms. The van der Waals surface area contributed by atoms with E-state index in [0.717, 1.165) is 25.9 Å². The molecular weight excluding hydrogens is 202 g/mol. The maximum atomic E-state index is 11.5. The predicted molar refractivity (Wildman–Crippen MR) is 63.4 cm³/mol. The van der Waals surface area contributed by atoms with Gasteiger partial charge in [-0.15, -0.1) is 0 Å². The molecule has 0 unspecified atom stereocenters. The SMILES string of the molecule is CCC(CC)(C(=O)O)N1CC2(CCCC2)C1. The van der Waals surface area contributed by atoms with Crippen LogP contribution in [-0.4, -0.2) is 34.6 Å². The number of nitrogens with zero attached hydrogens (tertiary/aromatic N) is 1. The lowest BCUT2D eigenvalue weighted by Gasteiger charge is -2.55. The van der Waals surface area contributed by atoms with E-state index in [9.17, 15) is 9.90 Å². The topological polar surface area (TPSA) is 40.5 Å². The predicted octanol–water partition coefficient (Wildman–Crippen LogP) is 2.51. The summed E-state index contributed by atoms with van der Waals surface area (Å²) >= 11 is 0. The lowest BCUT2D eigenvalue weighted by molar-refractivity contribution is -0.164. The average molecular weight is 225 g/mol. The van der Waals surface area contributed by atoms with E-state index in [4.69, 9.17) is 0 Å². The van der Waals surface area contributed by atoms with E-state index < -0.39 is 11.5 Å². The highest BCUT2D eigenvalue weighted by Gasteiger charge is 2.53. The first-order valence-corrected chi connectivity index (χ1v) is 6.57. The molecule has 0 aromatic carbocycles. The summed E-state index contributed by atoms with van der Waals surface area (Å²) in [6.07, 6.45) is 6.74. The van der Waals surface area contributed by atoms with Crippen molar-refractivity contribution in [2.45, 2.75) is 57.9 Å². The zero-order chi connectivity index (χ0) is 11.8. The van der Waals surface area contributed by atoms with Crippen LogP contribution in [0.3, 0.4) is 0 Å². The first-order valence-electron chi connectivity index (χ1n) is 6.57. The molecule has 2 aliphatic rings. The van der Waals surface area contributed by atoms with Gasteiger partial charge in [0.15, 0.2) is 0 Å². The van der Waals surface area contributed by atoms with Crippen molar-refractivity contribution in [2.24, 2.45) is 5.41 Å². The van der Waals surface area contributed by atoms with E-state index in [1.54, 1.807) is 0 Å². The Morgan fingerprint density at radius 2 is 1.75 bits per heavy atom. The van der Waals surface area contributed by atoms with Gasteiger partial charge in [0, 0.05) is 13.1 Å². The third-order valence-corrected chi connectivity index (χ3v) is 4.89. The van der Waals surface area contributed by atoms with E-state index in [0.29, 0.717) is 5.41 Å². The number of carbonyl (C=O) groups is 1. The minimum absolute atomic E-state index is 0.491. The van der Waals surface area contributed by atoms with Crippen LogP contribution in [0.4, 0.5) is 0 Å². The maximum Gasteiger partial charge on any atom is 0.324 e. The van der Waals surface area contributed by atoms with Crippen LogP contribution in [0.5, 0.6) is 0 Å². The summed E-state index contributed by atoms with van der Waals surface area (Å²) in [5, 5.41) is 9.45. The van der Waals surface area contributed by atoms with Gasteiger partial charge in [-0.1, -0.05) is 26.7 Å². The van der Waals surface area contributed by atoms with Crippen LogP contribution in [-0.2, 0) is 4.79 Å². The highest BCUT2D eigenvalue weighted by Crippen LogP contribution is 2.48. The fourth-order valence-electron chi connectivity index (χ4n) is 3.64. The first kappa shape index (κ1) is 11.9. The molecule has 3 nitrogen and oxygen atoms in total. The molecule has 0 bridgehead atoms. The van der Waals surface area contributed by atoms with Crippen molar-refractivity contribution in [3.05, 3.63) is 0 Å². The van der Waals surface area contributed by atoms with Crippen molar-refractivity contribution < 1.29 is 9.90 Å². The molecule has 3 heteroatoms. The summed E-state index contributed by atoms with van der Waals surface area (Å²) in [7, 11) is 0. The highest BCUT2D eigenvalue weighted by molar-refractivity contribution is 5.78. The van der Waals surface area contributed by atoms with Gasteiger partial charge in [-0.3, -0.25) is 9.69 Å². The maximum absolute atomic E-state index is 11.5. The van der Waals surface area contributed by atoms with Gasteiger partial charge in [0.25, 0.3) is 0 Å². The quantitative estimate of drug-likeness (QED) is 0.799. The van der Waals surface area contributed by atoms with E-state index in [-0.39, 0.29) is 0 Å². The van der Waals surface area contributed by atoms with E-state index in [1.807, 2.05) is 13.8 Å². The molecule has 0 aromatic heterocycles. The largest absolute Gasteiger partial charge is 0.480 e. The number of hydrogen-bond acceptors (Lipinski definition) is 2. The van der Waals surface area contributed by atoms with Gasteiger partial charge < -0.3 is 5.11 Å². The average Bonchev–Trinajstić information content (AvgIpc) is 2.68. The number of rotatable bonds is 4. The van der Waals surface area contributed by atoms with Gasteiger partial charge in [0.05, 0.1) is 0 Å². The lowest BCUT2D eigenvalue weighted by Crippen LogP contribution is -2.67. The smallest absolute Gasteiger partial charge is 0.324 e. The third-order valence-electron chi connectivity index (χ3n) is 4.89. The molecule has 1 N–H and O–H groups in total. The Kier molecular flexibility index (Phi) is 2.99. The molecule has 0 atom stereocenters. The van der Waals surface area contributed by atoms with Gasteiger partial charge in [0.2, 0.25) is 0 Å². The Balaban J connectivity index is 2.05. The molecule has 1 aliphatic carbocycles. The van der Waals surface area contributed by atoms with E-state index in [1.165, 1.54) is 25.7 Å². The summed E-state index contributed by atoms with van der Waals surface area (Å²) in [5.41, 5.74) is -0.0983. The summed E-state index contributed by atoms with van der Waals surface area (Å²) in [6.45, 7) is 6.02. The van der Waals surface area contributed by atoms with Crippen LogP contribution < -0.4 is 0 Å². The molecule has 1 saturated carbocycles. The third kappa shape index (κ3) is 1.56. The van der Waals surface area contributed by atoms with Crippen LogP contribution >= 0.6 is 0 Å². The molecule has 0 amide bonds. The van der Waals surface area contributed by atoms with Crippen molar-refractivity contribution in [2.75, 3.05) is 13.1 Å². The Morgan fingerprint density at radius 1 is 1.25 bits per heavy atom. The molecule has 16 heavy (non-hydrogen) atoms. The van der Waals surface area contributed by atoms with Crippen LogP contribution in [0.2, 0.25) is 0 Å². The van der Waals surface area contributed by atoms with Crippen molar-refractivity contribution in [1.29, 1.82) is 0 Å². The van der Waals surface area contributed by atoms with Crippen LogP contribution in [0.15, 0.2) is 0 Å². The van der Waals surface area contributed by atoms with Crippen LogP contribution in [0.25, 0.3) is 0 Å². The van der Waals surface area contributed by atoms with Gasteiger partial charge in [-0.25, -0.2) is 0 Å². The van der Waals surface area contributed by atoms with Crippen LogP contribution in [0.1, 0.15) is 52.4 Å². The van der Waals surface area contributed by atoms with Gasteiger partial charge >= 0.3 is 5.97 Å². The molecule has 1 heterocycles. The van der Waals surface area contributed by atoms with E-state index in [2.05, 4.69) is 4.90 Å². The Labute approximate surface area is 97.8 Å². The normalized spacial score (nSPS) is 24.6. The number of likely N-dealkylation sites (tertiary alicyclic amines) is 1. The van der Waals surface area contributed by atoms with Gasteiger partial charge in [-0.05, 0) is 31.1 Å². The minimum atomic E-state index is -0.634. The standard InChI is InChI=1S/C13H23NO2/c1-3-13(4-2,11(15)16)14-9-12(10-14)7-5-6-8-12/h3-10H2,1-2H3,(H,15,16). The molecular formula is C13H23NO2. The minimum Gasteiger partial charge on any atom is -0.480 e. The van der Waals surface area contributed by atoms with Crippen molar-refractivity contribution in [1.82, 2.24) is 4.90 Å². The second kappa shape index (κ2) is 4.02. The van der Waals surface area contributed by atoms with Gasteiger partial charge in [0.1, 0.15) is 5.54 Å². The van der Waals surface area contributed by atoms with E-state index >= 15 is 0 Å². The zero-order valence-corrected chi connectivity index (χ0v) is 10.5.